The second-order valence-corrected chi connectivity index (χ2v) is 14.8. The third kappa shape index (κ3) is 24.1. The molecule has 0 saturated heterocycles. The fraction of sp³-hybridized carbons (Fsp3) is 0.588. The van der Waals surface area contributed by atoms with Crippen LogP contribution in [0.15, 0.2) is 52.5 Å². The molecule has 51 heavy (non-hydrogen) atoms. The predicted molar refractivity (Wildman–Crippen MR) is 190 cm³/mol. The van der Waals surface area contributed by atoms with E-state index in [0.717, 1.165) is 37.5 Å². The van der Waals surface area contributed by atoms with Crippen LogP contribution in [0.25, 0.3) is 0 Å². The Balaban J connectivity index is 0.000000830. The lowest BCUT2D eigenvalue weighted by molar-refractivity contribution is -0.387. The quantitative estimate of drug-likeness (QED) is 0.0262. The summed E-state index contributed by atoms with van der Waals surface area (Å²) in [5.74, 6) is -2.72. The van der Waals surface area contributed by atoms with Gasteiger partial charge in [0.15, 0.2) is 4.90 Å². The fourth-order valence-electron chi connectivity index (χ4n) is 4.94. The smallest absolute Gasteiger partial charge is 0.307 e. The van der Waals surface area contributed by atoms with E-state index in [1.165, 1.54) is 108 Å². The number of carboxylic acid groups (broad SMARTS) is 2. The number of hydrogen-bond acceptors (Lipinski definition) is 10. The summed E-state index contributed by atoms with van der Waals surface area (Å²) in [6, 6.07) is 5.07. The Morgan fingerprint density at radius 3 is 1.55 bits per heavy atom. The van der Waals surface area contributed by atoms with E-state index in [2.05, 4.69) is 11.9 Å². The molecule has 4 N–H and O–H groups in total. The minimum atomic E-state index is -4.66. The van der Waals surface area contributed by atoms with Crippen molar-refractivity contribution in [1.29, 1.82) is 0 Å². The molecule has 1 heterocycles. The molecule has 288 valence electrons. The van der Waals surface area contributed by atoms with Gasteiger partial charge in [-0.15, -0.1) is 0 Å². The number of nitro benzene ring substituents is 1. The maximum atomic E-state index is 11.0. The van der Waals surface area contributed by atoms with Gasteiger partial charge >= 0.3 is 22.1 Å². The minimum Gasteiger partial charge on any atom is -0.481 e. The van der Waals surface area contributed by atoms with E-state index in [4.69, 9.17) is 19.3 Å². The lowest BCUT2D eigenvalue weighted by Gasteiger charge is -2.09. The molecule has 15 nitrogen and oxygen atoms in total. The van der Waals surface area contributed by atoms with Gasteiger partial charge in [0.1, 0.15) is 6.29 Å². The normalized spacial score (nSPS) is 11.7. The Kier molecular flexibility index (Phi) is 24.9. The summed E-state index contributed by atoms with van der Waals surface area (Å²) in [4.78, 5) is 44.0. The molecule has 0 aliphatic rings. The summed E-state index contributed by atoms with van der Waals surface area (Å²) in [5.41, 5.74) is -0.879. The van der Waals surface area contributed by atoms with Crippen LogP contribution < -0.4 is 0 Å². The standard InChI is InChI=1S/C22H42O4.C7H5NO6S.C5H5NO3S/c1-2-3-4-5-6-7-8-9-10-11-12-13-14-15-16-17-18-20(22(25)26)19-21(23)24;9-4-5-1-2-7(15(12,13)14)6(3-5)8(10)11;7-10(8,9)5-1-3-6-4-2-5/h20H,2-19H2,1H3,(H,23,24)(H,25,26);1-4H,(H,12,13,14);1-4H,(H,7,8,9). The minimum absolute atomic E-state index is 0.0471. The molecule has 0 saturated carbocycles. The van der Waals surface area contributed by atoms with Crippen LogP contribution in [0.2, 0.25) is 0 Å². The highest BCUT2D eigenvalue weighted by Gasteiger charge is 2.24. The van der Waals surface area contributed by atoms with E-state index in [9.17, 15) is 41.3 Å². The summed E-state index contributed by atoms with van der Waals surface area (Å²) >= 11 is 0. The molecule has 2 rings (SSSR count). The molecule has 1 atom stereocenters. The van der Waals surface area contributed by atoms with Crippen LogP contribution in [0.4, 0.5) is 5.69 Å². The Hall–Kier alpha value is -3.80. The molecule has 0 amide bonds. The van der Waals surface area contributed by atoms with Crippen molar-refractivity contribution in [1.82, 2.24) is 4.98 Å². The van der Waals surface area contributed by atoms with E-state index in [0.29, 0.717) is 12.7 Å². The zero-order chi connectivity index (χ0) is 38.7. The van der Waals surface area contributed by atoms with Crippen LogP contribution in [0.5, 0.6) is 0 Å². The highest BCUT2D eigenvalue weighted by molar-refractivity contribution is 7.86. The lowest BCUT2D eigenvalue weighted by atomic mass is 9.97. The van der Waals surface area contributed by atoms with Crippen LogP contribution in [-0.2, 0) is 29.8 Å². The van der Waals surface area contributed by atoms with Gasteiger partial charge in [-0.2, -0.15) is 16.8 Å². The van der Waals surface area contributed by atoms with E-state index >= 15 is 0 Å². The summed E-state index contributed by atoms with van der Waals surface area (Å²) in [5, 5.41) is 28.1. The maximum absolute atomic E-state index is 11.0. The topological polar surface area (TPSA) is 256 Å². The number of nitrogens with zero attached hydrogens (tertiary/aromatic N) is 2. The third-order valence-electron chi connectivity index (χ3n) is 7.72. The Morgan fingerprint density at radius 1 is 0.765 bits per heavy atom. The van der Waals surface area contributed by atoms with Gasteiger partial charge in [-0.3, -0.25) is 38.6 Å². The molecular formula is C34H52N2O13S2. The molecular weight excluding hydrogens is 709 g/mol. The number of pyridine rings is 1. The van der Waals surface area contributed by atoms with Gasteiger partial charge < -0.3 is 10.2 Å². The van der Waals surface area contributed by atoms with Crippen LogP contribution in [0.1, 0.15) is 133 Å². The Bertz CT molecular complexity index is 1530. The largest absolute Gasteiger partial charge is 0.481 e. The van der Waals surface area contributed by atoms with Crippen molar-refractivity contribution in [3.8, 4) is 0 Å². The molecule has 0 radical (unpaired) electrons. The summed E-state index contributed by atoms with van der Waals surface area (Å²) in [6.45, 7) is 2.26. The Labute approximate surface area is 300 Å². The molecule has 0 fully saturated rings. The van der Waals surface area contributed by atoms with Crippen molar-refractivity contribution < 1.29 is 55.5 Å². The molecule has 0 aliphatic heterocycles. The Morgan fingerprint density at radius 2 is 1.22 bits per heavy atom. The lowest BCUT2D eigenvalue weighted by Crippen LogP contribution is -2.17. The zero-order valence-corrected chi connectivity index (χ0v) is 30.7. The summed E-state index contributed by atoms with van der Waals surface area (Å²) in [6.07, 6.45) is 23.8. The van der Waals surface area contributed by atoms with E-state index in [-0.39, 0.29) is 16.9 Å². The SMILES string of the molecule is CCCCCCCCCCCCCCCCCCC(CC(=O)O)C(=O)O.O=Cc1ccc(S(=O)(=O)O)c([N+](=O)[O-])c1.O=S(=O)(O)c1ccncc1. The first-order valence-electron chi connectivity index (χ1n) is 17.1. The van der Waals surface area contributed by atoms with E-state index < -0.39 is 53.6 Å². The number of unbranched alkanes of at least 4 members (excludes halogenated alkanes) is 15. The average molecular weight is 761 g/mol. The van der Waals surface area contributed by atoms with Gasteiger partial charge in [0, 0.05) is 24.0 Å². The van der Waals surface area contributed by atoms with Crippen LogP contribution >= 0.6 is 0 Å². The van der Waals surface area contributed by atoms with Crippen molar-refractivity contribution in [2.24, 2.45) is 5.92 Å². The summed E-state index contributed by atoms with van der Waals surface area (Å²) < 4.78 is 59.3. The molecule has 1 aromatic carbocycles. The van der Waals surface area contributed by atoms with Gasteiger partial charge in [0.05, 0.1) is 22.2 Å². The molecule has 1 unspecified atom stereocenters. The van der Waals surface area contributed by atoms with Crippen molar-refractivity contribution in [3.05, 3.63) is 58.4 Å². The highest BCUT2D eigenvalue weighted by Crippen LogP contribution is 2.24. The molecule has 17 heteroatoms. The molecule has 2 aromatic rings. The molecule has 0 bridgehead atoms. The fourth-order valence-corrected chi connectivity index (χ4v) is 6.04. The first-order chi connectivity index (χ1) is 24.0. The molecule has 0 aliphatic carbocycles. The number of nitro groups is 1. The van der Waals surface area contributed by atoms with Crippen LogP contribution in [0.3, 0.4) is 0 Å². The van der Waals surface area contributed by atoms with Gasteiger partial charge in [-0.25, -0.2) is 0 Å². The molecule has 0 spiro atoms. The number of rotatable bonds is 24. The first kappa shape index (κ1) is 47.2. The third-order valence-corrected chi connectivity index (χ3v) is 9.49. The average Bonchev–Trinajstić information content (AvgIpc) is 3.07. The van der Waals surface area contributed by atoms with Crippen molar-refractivity contribution in [2.45, 2.75) is 132 Å². The number of carbonyl (C=O) groups is 3. The van der Waals surface area contributed by atoms with Crippen molar-refractivity contribution in [2.75, 3.05) is 0 Å². The number of carbonyl (C=O) groups excluding carboxylic acids is 1. The highest BCUT2D eigenvalue weighted by atomic mass is 32.2. The number of aromatic nitrogens is 1. The second-order valence-electron chi connectivity index (χ2n) is 12.0. The van der Waals surface area contributed by atoms with Crippen molar-refractivity contribution in [3.63, 3.8) is 0 Å². The zero-order valence-electron chi connectivity index (χ0n) is 29.1. The van der Waals surface area contributed by atoms with Crippen molar-refractivity contribution >= 4 is 44.1 Å². The van der Waals surface area contributed by atoms with Gasteiger partial charge in [0.25, 0.3) is 15.8 Å². The number of aliphatic carboxylic acids is 2. The number of aldehydes is 1. The van der Waals surface area contributed by atoms with Gasteiger partial charge in [-0.1, -0.05) is 110 Å². The van der Waals surface area contributed by atoms with E-state index in [1.807, 2.05) is 0 Å². The van der Waals surface area contributed by atoms with Crippen LogP contribution in [-0.4, -0.2) is 64.3 Å². The van der Waals surface area contributed by atoms with E-state index in [1.54, 1.807) is 0 Å². The monoisotopic (exact) mass is 760 g/mol. The number of hydrogen-bond donors (Lipinski definition) is 4. The number of benzene rings is 1. The summed E-state index contributed by atoms with van der Waals surface area (Å²) in [7, 11) is -8.70. The van der Waals surface area contributed by atoms with Gasteiger partial charge in [-0.05, 0) is 30.7 Å². The second kappa shape index (κ2) is 26.9. The molecule has 1 aromatic heterocycles. The first-order valence-corrected chi connectivity index (χ1v) is 20.0. The van der Waals surface area contributed by atoms with Gasteiger partial charge in [0.2, 0.25) is 0 Å². The maximum Gasteiger partial charge on any atom is 0.307 e. The predicted octanol–water partition coefficient (Wildman–Crippen LogP) is 7.80. The number of carboxylic acids is 2. The van der Waals surface area contributed by atoms with Crippen LogP contribution in [0, 0.1) is 16.0 Å².